The van der Waals surface area contributed by atoms with Crippen LogP contribution in [0.1, 0.15) is 0 Å². The van der Waals surface area contributed by atoms with Crippen LogP contribution in [0.15, 0.2) is 255 Å². The molecule has 1 heterocycles. The fourth-order valence-corrected chi connectivity index (χ4v) is 9.89. The van der Waals surface area contributed by atoms with E-state index < -0.39 is 0 Å². The second-order valence-corrected chi connectivity index (χ2v) is 16.4. The lowest BCUT2D eigenvalue weighted by Gasteiger charge is -2.28. The van der Waals surface area contributed by atoms with Crippen LogP contribution in [0.4, 0.5) is 17.1 Å². The minimum absolute atomic E-state index is 1.08. The molecule has 0 bridgehead atoms. The number of anilines is 3. The second-order valence-electron chi connectivity index (χ2n) is 16.4. The molecule has 0 aliphatic carbocycles. The third-order valence-electron chi connectivity index (χ3n) is 12.7. The average Bonchev–Trinajstić information content (AvgIpc) is 3.72. The van der Waals surface area contributed by atoms with E-state index in [1.54, 1.807) is 0 Å². The van der Waals surface area contributed by atoms with Crippen molar-refractivity contribution < 1.29 is 0 Å². The van der Waals surface area contributed by atoms with E-state index in [1.165, 1.54) is 76.8 Å². The lowest BCUT2D eigenvalue weighted by Crippen LogP contribution is -2.11. The maximum Gasteiger partial charge on any atom is 0.0782 e. The Morgan fingerprint density at radius 3 is 1.45 bits per heavy atom. The number of aromatic nitrogens is 1. The number of fused-ring (bicyclic) bond motifs is 6. The van der Waals surface area contributed by atoms with Crippen LogP contribution in [0, 0.1) is 0 Å². The Hall–Kier alpha value is -8.46. The molecule has 0 unspecified atom stereocenters. The highest BCUT2D eigenvalue weighted by Crippen LogP contribution is 2.47. The topological polar surface area (TPSA) is 8.17 Å². The molecule has 0 N–H and O–H groups in total. The van der Waals surface area contributed by atoms with Crippen LogP contribution in [0.3, 0.4) is 0 Å². The summed E-state index contributed by atoms with van der Waals surface area (Å²) < 4.78 is 2.43. The molecule has 0 radical (unpaired) electrons. The third-order valence-corrected chi connectivity index (χ3v) is 12.7. The van der Waals surface area contributed by atoms with E-state index in [1.807, 2.05) is 0 Å². The van der Waals surface area contributed by atoms with Crippen LogP contribution in [-0.2, 0) is 0 Å². The molecule has 11 aromatic carbocycles. The van der Waals surface area contributed by atoms with Gasteiger partial charge in [0.15, 0.2) is 0 Å². The standard InChI is InChI=1S/C62H42N2/c1-5-19-43(20-6-1)47-25-17-28-51(41-47)63(59-34-18-32-56-54-30-15-16-33-58(54)64(62(56)59)49-26-11-4-12-27-49)50-38-35-44(36-39-50)48-37-40-53-52-29-13-14-31-55(52)60(45-21-7-2-8-22-45)61(57(53)42-48)46-23-9-3-10-24-46/h1-42H. The molecule has 0 spiro atoms. The maximum atomic E-state index is 2.43. The van der Waals surface area contributed by atoms with Gasteiger partial charge < -0.3 is 9.47 Å². The molecule has 1 aromatic heterocycles. The summed E-state index contributed by atoms with van der Waals surface area (Å²) in [4.78, 5) is 2.43. The summed E-state index contributed by atoms with van der Waals surface area (Å²) in [5.41, 5.74) is 16.4. The van der Waals surface area contributed by atoms with Gasteiger partial charge in [-0.25, -0.2) is 0 Å². The molecular formula is C62H42N2. The number of hydrogen-bond donors (Lipinski definition) is 0. The van der Waals surface area contributed by atoms with Crippen molar-refractivity contribution in [3.63, 3.8) is 0 Å². The fraction of sp³-hybridized carbons (Fsp3) is 0. The predicted molar refractivity (Wildman–Crippen MR) is 272 cm³/mol. The molecule has 12 rings (SSSR count). The summed E-state index contributed by atoms with van der Waals surface area (Å²) in [6.45, 7) is 0. The molecule has 0 amide bonds. The molecule has 300 valence electrons. The molecule has 0 saturated carbocycles. The monoisotopic (exact) mass is 814 g/mol. The van der Waals surface area contributed by atoms with Gasteiger partial charge in [-0.05, 0) is 121 Å². The number of hydrogen-bond acceptors (Lipinski definition) is 1. The summed E-state index contributed by atoms with van der Waals surface area (Å²) in [7, 11) is 0. The molecule has 12 aromatic rings. The van der Waals surface area contributed by atoms with Gasteiger partial charge in [-0.3, -0.25) is 0 Å². The Labute approximate surface area is 373 Å². The van der Waals surface area contributed by atoms with Crippen molar-refractivity contribution in [3.05, 3.63) is 255 Å². The summed E-state index contributed by atoms with van der Waals surface area (Å²) >= 11 is 0. The molecule has 0 atom stereocenters. The minimum atomic E-state index is 1.08. The van der Waals surface area contributed by atoms with Crippen molar-refractivity contribution in [1.29, 1.82) is 0 Å². The van der Waals surface area contributed by atoms with E-state index in [0.717, 1.165) is 33.8 Å². The minimum Gasteiger partial charge on any atom is -0.308 e. The van der Waals surface area contributed by atoms with Crippen LogP contribution >= 0.6 is 0 Å². The predicted octanol–water partition coefficient (Wildman–Crippen LogP) is 17.2. The SMILES string of the molecule is c1ccc(-c2cccc(N(c3ccc(-c4ccc5c(c4)c(-c4ccccc4)c(-c4ccccc4)c4ccccc45)cc3)c3cccc4c5ccccc5n(-c5ccccc5)c34)c2)cc1. The number of rotatable bonds is 8. The van der Waals surface area contributed by atoms with Gasteiger partial charge in [-0.15, -0.1) is 0 Å². The highest BCUT2D eigenvalue weighted by Gasteiger charge is 2.23. The summed E-state index contributed by atoms with van der Waals surface area (Å²) in [6, 6.07) is 92.7. The van der Waals surface area contributed by atoms with Gasteiger partial charge in [0.05, 0.1) is 16.7 Å². The molecule has 2 nitrogen and oxygen atoms in total. The van der Waals surface area contributed by atoms with E-state index in [0.29, 0.717) is 0 Å². The van der Waals surface area contributed by atoms with Crippen LogP contribution < -0.4 is 4.90 Å². The van der Waals surface area contributed by atoms with E-state index in [9.17, 15) is 0 Å². The lowest BCUT2D eigenvalue weighted by atomic mass is 9.84. The molecule has 0 fully saturated rings. The Morgan fingerprint density at radius 2 is 0.750 bits per heavy atom. The highest BCUT2D eigenvalue weighted by molar-refractivity contribution is 6.22. The number of nitrogens with zero attached hydrogens (tertiary/aromatic N) is 2. The van der Waals surface area contributed by atoms with Crippen LogP contribution in [0.25, 0.3) is 93.5 Å². The first-order chi connectivity index (χ1) is 31.8. The fourth-order valence-electron chi connectivity index (χ4n) is 9.89. The zero-order valence-electron chi connectivity index (χ0n) is 35.1. The normalized spacial score (nSPS) is 11.4. The first-order valence-electron chi connectivity index (χ1n) is 22.0. The number of benzene rings is 11. The van der Waals surface area contributed by atoms with Gasteiger partial charge in [-0.2, -0.15) is 0 Å². The first-order valence-corrected chi connectivity index (χ1v) is 22.0. The van der Waals surface area contributed by atoms with Gasteiger partial charge in [-0.1, -0.05) is 200 Å². The highest BCUT2D eigenvalue weighted by atomic mass is 15.2. The molecule has 0 aliphatic heterocycles. The van der Waals surface area contributed by atoms with Gasteiger partial charge in [0, 0.05) is 27.8 Å². The van der Waals surface area contributed by atoms with Crippen molar-refractivity contribution in [3.8, 4) is 50.2 Å². The zero-order valence-corrected chi connectivity index (χ0v) is 35.1. The molecular weight excluding hydrogens is 773 g/mol. The maximum absolute atomic E-state index is 2.43. The van der Waals surface area contributed by atoms with Crippen LogP contribution in [-0.4, -0.2) is 4.57 Å². The summed E-state index contributed by atoms with van der Waals surface area (Å²) in [5.74, 6) is 0. The number of para-hydroxylation sites is 3. The Morgan fingerprint density at radius 1 is 0.266 bits per heavy atom. The zero-order chi connectivity index (χ0) is 42.4. The van der Waals surface area contributed by atoms with Crippen LogP contribution in [0.2, 0.25) is 0 Å². The molecule has 0 aliphatic rings. The largest absolute Gasteiger partial charge is 0.308 e. The van der Waals surface area contributed by atoms with Gasteiger partial charge >= 0.3 is 0 Å². The average molecular weight is 815 g/mol. The van der Waals surface area contributed by atoms with Gasteiger partial charge in [0.1, 0.15) is 0 Å². The Balaban J connectivity index is 1.06. The molecule has 64 heavy (non-hydrogen) atoms. The van der Waals surface area contributed by atoms with E-state index >= 15 is 0 Å². The van der Waals surface area contributed by atoms with Crippen molar-refractivity contribution in [2.75, 3.05) is 4.90 Å². The van der Waals surface area contributed by atoms with E-state index in [-0.39, 0.29) is 0 Å². The van der Waals surface area contributed by atoms with Gasteiger partial charge in [0.2, 0.25) is 0 Å². The third kappa shape index (κ3) is 6.35. The molecule has 0 saturated heterocycles. The smallest absolute Gasteiger partial charge is 0.0782 e. The second kappa shape index (κ2) is 15.8. The van der Waals surface area contributed by atoms with E-state index in [4.69, 9.17) is 0 Å². The van der Waals surface area contributed by atoms with Crippen molar-refractivity contribution in [2.24, 2.45) is 0 Å². The van der Waals surface area contributed by atoms with Gasteiger partial charge in [0.25, 0.3) is 0 Å². The quantitative estimate of drug-likeness (QED) is 0.139. The summed E-state index contributed by atoms with van der Waals surface area (Å²) in [5, 5.41) is 7.45. The Kier molecular flexibility index (Phi) is 9.20. The van der Waals surface area contributed by atoms with E-state index in [2.05, 4.69) is 264 Å². The summed E-state index contributed by atoms with van der Waals surface area (Å²) in [6.07, 6.45) is 0. The van der Waals surface area contributed by atoms with Crippen molar-refractivity contribution >= 4 is 60.4 Å². The first kappa shape index (κ1) is 37.3. The van der Waals surface area contributed by atoms with Crippen molar-refractivity contribution in [2.45, 2.75) is 0 Å². The lowest BCUT2D eigenvalue weighted by molar-refractivity contribution is 1.17. The molecule has 2 heteroatoms. The Bertz CT molecular complexity index is 3630. The van der Waals surface area contributed by atoms with Crippen molar-refractivity contribution in [1.82, 2.24) is 4.57 Å². The van der Waals surface area contributed by atoms with Crippen LogP contribution in [0.5, 0.6) is 0 Å².